The molecule has 3 amide bonds. The SMILES string of the molecule is CC(NC(=O)c1cccc(N2CCCC2=O)c1)C(N)=O. The lowest BCUT2D eigenvalue weighted by Crippen LogP contribution is -2.42. The van der Waals surface area contributed by atoms with Crippen molar-refractivity contribution >= 4 is 23.4 Å². The number of benzene rings is 1. The van der Waals surface area contributed by atoms with Gasteiger partial charge in [0.15, 0.2) is 0 Å². The molecule has 0 aliphatic carbocycles. The summed E-state index contributed by atoms with van der Waals surface area (Å²) < 4.78 is 0. The maximum absolute atomic E-state index is 12.0. The summed E-state index contributed by atoms with van der Waals surface area (Å²) in [5.74, 6) is -0.915. The molecule has 1 heterocycles. The molecule has 6 nitrogen and oxygen atoms in total. The number of nitrogens with one attached hydrogen (secondary N) is 1. The molecule has 0 aromatic heterocycles. The average Bonchev–Trinajstić information content (AvgIpc) is 2.85. The number of carbonyl (C=O) groups is 3. The summed E-state index contributed by atoms with van der Waals surface area (Å²) in [5, 5.41) is 2.51. The zero-order valence-electron chi connectivity index (χ0n) is 11.3. The second-order valence-electron chi connectivity index (χ2n) is 4.80. The van der Waals surface area contributed by atoms with Crippen LogP contribution in [0, 0.1) is 0 Å². The van der Waals surface area contributed by atoms with Crippen molar-refractivity contribution in [2.75, 3.05) is 11.4 Å². The maximum Gasteiger partial charge on any atom is 0.251 e. The summed E-state index contributed by atoms with van der Waals surface area (Å²) in [6.45, 7) is 2.19. The normalized spacial score (nSPS) is 16.1. The van der Waals surface area contributed by atoms with E-state index < -0.39 is 11.9 Å². The van der Waals surface area contributed by atoms with Crippen LogP contribution in [0.1, 0.15) is 30.1 Å². The first-order chi connectivity index (χ1) is 9.49. The first-order valence-corrected chi connectivity index (χ1v) is 6.49. The van der Waals surface area contributed by atoms with Crippen molar-refractivity contribution in [1.82, 2.24) is 5.32 Å². The molecule has 1 aromatic carbocycles. The fourth-order valence-electron chi connectivity index (χ4n) is 2.09. The number of rotatable bonds is 4. The lowest BCUT2D eigenvalue weighted by Gasteiger charge is -2.17. The summed E-state index contributed by atoms with van der Waals surface area (Å²) in [5.41, 5.74) is 6.20. The number of primary amides is 1. The van der Waals surface area contributed by atoms with Crippen LogP contribution >= 0.6 is 0 Å². The first-order valence-electron chi connectivity index (χ1n) is 6.49. The first kappa shape index (κ1) is 14.0. The Morgan fingerprint density at radius 3 is 2.75 bits per heavy atom. The van der Waals surface area contributed by atoms with Crippen molar-refractivity contribution in [3.05, 3.63) is 29.8 Å². The van der Waals surface area contributed by atoms with Gasteiger partial charge >= 0.3 is 0 Å². The molecule has 2 rings (SSSR count). The van der Waals surface area contributed by atoms with Gasteiger partial charge in [0.05, 0.1) is 0 Å². The highest BCUT2D eigenvalue weighted by Gasteiger charge is 2.22. The smallest absolute Gasteiger partial charge is 0.251 e. The Bertz CT molecular complexity index is 556. The van der Waals surface area contributed by atoms with Crippen molar-refractivity contribution in [1.29, 1.82) is 0 Å². The van der Waals surface area contributed by atoms with Gasteiger partial charge in [-0.1, -0.05) is 6.07 Å². The molecule has 1 aliphatic heterocycles. The van der Waals surface area contributed by atoms with Crippen molar-refractivity contribution in [3.63, 3.8) is 0 Å². The van der Waals surface area contributed by atoms with Crippen molar-refractivity contribution < 1.29 is 14.4 Å². The highest BCUT2D eigenvalue weighted by molar-refractivity contribution is 6.00. The number of carbonyl (C=O) groups excluding carboxylic acids is 3. The minimum Gasteiger partial charge on any atom is -0.368 e. The van der Waals surface area contributed by atoms with Gasteiger partial charge < -0.3 is 16.0 Å². The van der Waals surface area contributed by atoms with Gasteiger partial charge in [-0.25, -0.2) is 0 Å². The van der Waals surface area contributed by atoms with E-state index in [1.165, 1.54) is 6.92 Å². The molecule has 3 N–H and O–H groups in total. The molecule has 1 aromatic rings. The monoisotopic (exact) mass is 275 g/mol. The second kappa shape index (κ2) is 5.73. The Labute approximate surface area is 116 Å². The van der Waals surface area contributed by atoms with Crippen LogP contribution in [0.3, 0.4) is 0 Å². The molecular formula is C14H17N3O3. The van der Waals surface area contributed by atoms with Gasteiger partial charge in [0.25, 0.3) is 5.91 Å². The Hall–Kier alpha value is -2.37. The summed E-state index contributed by atoms with van der Waals surface area (Å²) in [6, 6.07) is 6.04. The minimum atomic E-state index is -0.737. The molecule has 1 atom stereocenters. The topological polar surface area (TPSA) is 92.5 Å². The molecule has 1 saturated heterocycles. The van der Waals surface area contributed by atoms with E-state index >= 15 is 0 Å². The summed E-state index contributed by atoms with van der Waals surface area (Å²) >= 11 is 0. The van der Waals surface area contributed by atoms with Gasteiger partial charge in [0, 0.05) is 24.2 Å². The van der Waals surface area contributed by atoms with Gasteiger partial charge in [-0.05, 0) is 31.5 Å². The van der Waals surface area contributed by atoms with E-state index in [4.69, 9.17) is 5.73 Å². The number of nitrogens with two attached hydrogens (primary N) is 1. The van der Waals surface area contributed by atoms with Crippen molar-refractivity contribution in [3.8, 4) is 0 Å². The number of amides is 3. The lowest BCUT2D eigenvalue weighted by molar-refractivity contribution is -0.119. The third-order valence-corrected chi connectivity index (χ3v) is 3.27. The molecule has 0 bridgehead atoms. The summed E-state index contributed by atoms with van der Waals surface area (Å²) in [6.07, 6.45) is 1.36. The van der Waals surface area contributed by atoms with E-state index in [0.29, 0.717) is 24.2 Å². The van der Waals surface area contributed by atoms with Gasteiger partial charge in [-0.15, -0.1) is 0 Å². The molecule has 0 spiro atoms. The van der Waals surface area contributed by atoms with E-state index in [0.717, 1.165) is 6.42 Å². The Morgan fingerprint density at radius 1 is 1.40 bits per heavy atom. The molecule has 106 valence electrons. The third-order valence-electron chi connectivity index (χ3n) is 3.27. The molecule has 0 saturated carbocycles. The van der Waals surface area contributed by atoms with E-state index in [2.05, 4.69) is 5.32 Å². The summed E-state index contributed by atoms with van der Waals surface area (Å²) in [7, 11) is 0. The Morgan fingerprint density at radius 2 is 2.15 bits per heavy atom. The van der Waals surface area contributed by atoms with Crippen LogP contribution in [0.2, 0.25) is 0 Å². The largest absolute Gasteiger partial charge is 0.368 e. The van der Waals surface area contributed by atoms with Gasteiger partial charge in [-0.2, -0.15) is 0 Å². The van der Waals surface area contributed by atoms with Crippen LogP contribution in [0.25, 0.3) is 0 Å². The van der Waals surface area contributed by atoms with Crippen molar-refractivity contribution in [2.24, 2.45) is 5.73 Å². The number of hydrogen-bond donors (Lipinski definition) is 2. The number of anilines is 1. The predicted octanol–water partition coefficient (Wildman–Crippen LogP) is 0.417. The number of hydrogen-bond acceptors (Lipinski definition) is 3. The zero-order valence-corrected chi connectivity index (χ0v) is 11.3. The van der Waals surface area contributed by atoms with Crippen LogP contribution in [0.4, 0.5) is 5.69 Å². The van der Waals surface area contributed by atoms with E-state index in [-0.39, 0.29) is 11.8 Å². The highest BCUT2D eigenvalue weighted by atomic mass is 16.2. The van der Waals surface area contributed by atoms with Gasteiger partial charge in [-0.3, -0.25) is 14.4 Å². The molecule has 20 heavy (non-hydrogen) atoms. The molecule has 1 unspecified atom stereocenters. The zero-order chi connectivity index (χ0) is 14.7. The molecule has 1 fully saturated rings. The fourth-order valence-corrected chi connectivity index (χ4v) is 2.09. The predicted molar refractivity (Wildman–Crippen MR) is 74.2 cm³/mol. The second-order valence-corrected chi connectivity index (χ2v) is 4.80. The molecule has 6 heteroatoms. The minimum absolute atomic E-state index is 0.0630. The van der Waals surface area contributed by atoms with E-state index in [1.54, 1.807) is 29.2 Å². The quantitative estimate of drug-likeness (QED) is 0.834. The summed E-state index contributed by atoms with van der Waals surface area (Å²) in [4.78, 5) is 36.3. The van der Waals surface area contributed by atoms with Gasteiger partial charge in [0.1, 0.15) is 6.04 Å². The van der Waals surface area contributed by atoms with Crippen LogP contribution in [-0.2, 0) is 9.59 Å². The standard InChI is InChI=1S/C14H17N3O3/c1-9(13(15)19)16-14(20)10-4-2-5-11(8-10)17-7-3-6-12(17)18/h2,4-5,8-9H,3,6-7H2,1H3,(H2,15,19)(H,16,20). The van der Waals surface area contributed by atoms with Crippen LogP contribution in [-0.4, -0.2) is 30.3 Å². The van der Waals surface area contributed by atoms with Crippen LogP contribution in [0.5, 0.6) is 0 Å². The Balaban J connectivity index is 2.15. The lowest BCUT2D eigenvalue weighted by atomic mass is 10.1. The average molecular weight is 275 g/mol. The fraction of sp³-hybridized carbons (Fsp3) is 0.357. The number of nitrogens with zero attached hydrogens (tertiary/aromatic N) is 1. The third kappa shape index (κ3) is 2.96. The van der Waals surface area contributed by atoms with E-state index in [9.17, 15) is 14.4 Å². The van der Waals surface area contributed by atoms with Crippen LogP contribution < -0.4 is 16.0 Å². The molecule has 0 radical (unpaired) electrons. The maximum atomic E-state index is 12.0. The molecular weight excluding hydrogens is 258 g/mol. The van der Waals surface area contributed by atoms with Crippen molar-refractivity contribution in [2.45, 2.75) is 25.8 Å². The Kier molecular flexibility index (Phi) is 4.02. The van der Waals surface area contributed by atoms with E-state index in [1.807, 2.05) is 0 Å². The van der Waals surface area contributed by atoms with Gasteiger partial charge in [0.2, 0.25) is 11.8 Å². The highest BCUT2D eigenvalue weighted by Crippen LogP contribution is 2.22. The van der Waals surface area contributed by atoms with Crippen LogP contribution in [0.15, 0.2) is 24.3 Å². The molecule has 1 aliphatic rings.